The minimum Gasteiger partial charge on any atom is -0.352 e. The second-order valence-corrected chi connectivity index (χ2v) is 5.51. The van der Waals surface area contributed by atoms with Crippen molar-refractivity contribution in [3.05, 3.63) is 75.6 Å². The van der Waals surface area contributed by atoms with E-state index in [9.17, 15) is 24.1 Å². The fourth-order valence-electron chi connectivity index (χ4n) is 2.07. The van der Waals surface area contributed by atoms with E-state index in [1.807, 2.05) is 0 Å². The van der Waals surface area contributed by atoms with Gasteiger partial charge in [0.1, 0.15) is 5.82 Å². The molecule has 0 aliphatic carbocycles. The predicted molar refractivity (Wildman–Crippen MR) is 96.8 cm³/mol. The number of hydrazone groups is 1. The van der Waals surface area contributed by atoms with E-state index in [1.165, 1.54) is 54.7 Å². The molecule has 0 aliphatic heterocycles. The van der Waals surface area contributed by atoms with Crippen molar-refractivity contribution >= 4 is 23.7 Å². The SMILES string of the molecule is O=C(CCCNC(=O)c1ccc([N+](=O)[O-])cc1)NN=Cc1ccc(F)cc1. The lowest BCUT2D eigenvalue weighted by Crippen LogP contribution is -2.26. The van der Waals surface area contributed by atoms with Gasteiger partial charge in [0.2, 0.25) is 5.91 Å². The van der Waals surface area contributed by atoms with Gasteiger partial charge < -0.3 is 5.32 Å². The van der Waals surface area contributed by atoms with Crippen LogP contribution in [0.3, 0.4) is 0 Å². The van der Waals surface area contributed by atoms with E-state index in [2.05, 4.69) is 15.8 Å². The quantitative estimate of drug-likeness (QED) is 0.320. The average Bonchev–Trinajstić information content (AvgIpc) is 2.66. The Morgan fingerprint density at radius 1 is 1.11 bits per heavy atom. The van der Waals surface area contributed by atoms with Crippen LogP contribution in [-0.4, -0.2) is 29.5 Å². The average molecular weight is 372 g/mol. The number of nitrogens with zero attached hydrogens (tertiary/aromatic N) is 2. The summed E-state index contributed by atoms with van der Waals surface area (Å²) >= 11 is 0. The topological polar surface area (TPSA) is 114 Å². The molecule has 0 atom stereocenters. The zero-order chi connectivity index (χ0) is 19.6. The standard InChI is InChI=1S/C18H17FN4O4/c19-15-7-3-13(4-8-15)12-21-22-17(24)2-1-11-20-18(25)14-5-9-16(10-6-14)23(26)27/h3-10,12H,1-2,11H2,(H,20,25)(H,22,24). The van der Waals surface area contributed by atoms with Gasteiger partial charge in [0.25, 0.3) is 11.6 Å². The Morgan fingerprint density at radius 2 is 1.78 bits per heavy atom. The molecule has 0 heterocycles. The Hall–Kier alpha value is -3.62. The molecule has 2 aromatic rings. The molecule has 140 valence electrons. The van der Waals surface area contributed by atoms with Crippen molar-refractivity contribution < 1.29 is 18.9 Å². The summed E-state index contributed by atoms with van der Waals surface area (Å²) in [4.78, 5) is 33.6. The van der Waals surface area contributed by atoms with E-state index in [4.69, 9.17) is 0 Å². The summed E-state index contributed by atoms with van der Waals surface area (Å²) in [5, 5.41) is 17.0. The highest BCUT2D eigenvalue weighted by molar-refractivity contribution is 5.94. The minimum absolute atomic E-state index is 0.0931. The molecule has 0 aromatic heterocycles. The largest absolute Gasteiger partial charge is 0.352 e. The van der Waals surface area contributed by atoms with Crippen LogP contribution < -0.4 is 10.7 Å². The lowest BCUT2D eigenvalue weighted by Gasteiger charge is -2.05. The third-order valence-electron chi connectivity index (χ3n) is 3.48. The molecule has 0 saturated heterocycles. The Morgan fingerprint density at radius 3 is 2.41 bits per heavy atom. The molecular formula is C18H17FN4O4. The van der Waals surface area contributed by atoms with Crippen LogP contribution in [0.15, 0.2) is 53.6 Å². The number of amides is 2. The summed E-state index contributed by atoms with van der Waals surface area (Å²) in [5.41, 5.74) is 3.19. The van der Waals surface area contributed by atoms with Crippen molar-refractivity contribution in [1.29, 1.82) is 0 Å². The highest BCUT2D eigenvalue weighted by Gasteiger charge is 2.09. The lowest BCUT2D eigenvalue weighted by molar-refractivity contribution is -0.384. The fourth-order valence-corrected chi connectivity index (χ4v) is 2.07. The highest BCUT2D eigenvalue weighted by Crippen LogP contribution is 2.11. The summed E-state index contributed by atoms with van der Waals surface area (Å²) in [6.07, 6.45) is 1.95. The van der Waals surface area contributed by atoms with Gasteiger partial charge >= 0.3 is 0 Å². The number of hydrogen-bond donors (Lipinski definition) is 2. The molecule has 0 fully saturated rings. The van der Waals surface area contributed by atoms with Crippen molar-refractivity contribution in [1.82, 2.24) is 10.7 Å². The molecule has 0 radical (unpaired) electrons. The number of nitro groups is 1. The van der Waals surface area contributed by atoms with Crippen molar-refractivity contribution in [3.63, 3.8) is 0 Å². The summed E-state index contributed by atoms with van der Waals surface area (Å²) < 4.78 is 12.8. The van der Waals surface area contributed by atoms with E-state index in [0.29, 0.717) is 17.5 Å². The third kappa shape index (κ3) is 6.65. The van der Waals surface area contributed by atoms with Gasteiger partial charge in [-0.1, -0.05) is 12.1 Å². The van der Waals surface area contributed by atoms with Gasteiger partial charge in [-0.25, -0.2) is 9.82 Å². The number of hydrogen-bond acceptors (Lipinski definition) is 5. The van der Waals surface area contributed by atoms with Crippen LogP contribution in [0, 0.1) is 15.9 Å². The van der Waals surface area contributed by atoms with E-state index in [1.54, 1.807) is 0 Å². The molecule has 2 rings (SSSR count). The molecule has 2 N–H and O–H groups in total. The van der Waals surface area contributed by atoms with Crippen molar-refractivity contribution in [2.75, 3.05) is 6.54 Å². The molecule has 27 heavy (non-hydrogen) atoms. The van der Waals surface area contributed by atoms with Gasteiger partial charge in [-0.3, -0.25) is 19.7 Å². The van der Waals surface area contributed by atoms with E-state index < -0.39 is 4.92 Å². The Bertz CT molecular complexity index is 835. The predicted octanol–water partition coefficient (Wildman–Crippen LogP) is 2.39. The van der Waals surface area contributed by atoms with E-state index in [-0.39, 0.29) is 36.3 Å². The monoisotopic (exact) mass is 372 g/mol. The maximum absolute atomic E-state index is 12.8. The zero-order valence-electron chi connectivity index (χ0n) is 14.2. The molecule has 0 saturated carbocycles. The van der Waals surface area contributed by atoms with Crippen molar-refractivity contribution in [3.8, 4) is 0 Å². The van der Waals surface area contributed by atoms with E-state index in [0.717, 1.165) is 0 Å². The Kier molecular flexibility index (Phi) is 7.12. The Labute approximate surface area is 154 Å². The summed E-state index contributed by atoms with van der Waals surface area (Å²) in [7, 11) is 0. The molecule has 8 nitrogen and oxygen atoms in total. The van der Waals surface area contributed by atoms with Crippen LogP contribution >= 0.6 is 0 Å². The molecular weight excluding hydrogens is 355 g/mol. The summed E-state index contributed by atoms with van der Waals surface area (Å²) in [6.45, 7) is 0.269. The number of carbonyl (C=O) groups excluding carboxylic acids is 2. The number of non-ortho nitro benzene ring substituents is 1. The second kappa shape index (κ2) is 9.76. The number of carbonyl (C=O) groups is 2. The Balaban J connectivity index is 1.66. The van der Waals surface area contributed by atoms with Crippen molar-refractivity contribution in [2.24, 2.45) is 5.10 Å². The van der Waals surface area contributed by atoms with Gasteiger partial charge in [-0.2, -0.15) is 5.10 Å². The molecule has 9 heteroatoms. The third-order valence-corrected chi connectivity index (χ3v) is 3.48. The minimum atomic E-state index is -0.543. The molecule has 0 unspecified atom stereocenters. The summed E-state index contributed by atoms with van der Waals surface area (Å²) in [6, 6.07) is 10.9. The molecule has 2 amide bonds. The first-order valence-corrected chi connectivity index (χ1v) is 8.06. The number of nitrogens with one attached hydrogen (secondary N) is 2. The first kappa shape index (κ1) is 19.7. The number of rotatable bonds is 8. The molecule has 0 spiro atoms. The second-order valence-electron chi connectivity index (χ2n) is 5.51. The first-order chi connectivity index (χ1) is 13.0. The van der Waals surface area contributed by atoms with E-state index >= 15 is 0 Å². The van der Waals surface area contributed by atoms with Crippen LogP contribution in [0.5, 0.6) is 0 Å². The van der Waals surface area contributed by atoms with Gasteiger partial charge in [-0.15, -0.1) is 0 Å². The number of nitro benzene ring substituents is 1. The van der Waals surface area contributed by atoms with Gasteiger partial charge in [0, 0.05) is 30.7 Å². The fraction of sp³-hybridized carbons (Fsp3) is 0.167. The molecule has 0 aliphatic rings. The van der Waals surface area contributed by atoms with Gasteiger partial charge in [0.15, 0.2) is 0 Å². The number of benzene rings is 2. The highest BCUT2D eigenvalue weighted by atomic mass is 19.1. The van der Waals surface area contributed by atoms with Gasteiger partial charge in [-0.05, 0) is 36.2 Å². The van der Waals surface area contributed by atoms with Crippen LogP contribution in [-0.2, 0) is 4.79 Å². The normalized spacial score (nSPS) is 10.6. The summed E-state index contributed by atoms with van der Waals surface area (Å²) in [5.74, 6) is -1.05. The zero-order valence-corrected chi connectivity index (χ0v) is 14.2. The van der Waals surface area contributed by atoms with Crippen LogP contribution in [0.2, 0.25) is 0 Å². The smallest absolute Gasteiger partial charge is 0.269 e. The van der Waals surface area contributed by atoms with Crippen LogP contribution in [0.4, 0.5) is 10.1 Å². The van der Waals surface area contributed by atoms with Gasteiger partial charge in [0.05, 0.1) is 11.1 Å². The van der Waals surface area contributed by atoms with Crippen LogP contribution in [0.25, 0.3) is 0 Å². The lowest BCUT2D eigenvalue weighted by atomic mass is 10.2. The maximum atomic E-state index is 12.8. The van der Waals surface area contributed by atoms with Crippen molar-refractivity contribution in [2.45, 2.75) is 12.8 Å². The molecule has 0 bridgehead atoms. The first-order valence-electron chi connectivity index (χ1n) is 8.06. The van der Waals surface area contributed by atoms with Crippen LogP contribution in [0.1, 0.15) is 28.8 Å². The maximum Gasteiger partial charge on any atom is 0.269 e. The number of halogens is 1. The molecule has 2 aromatic carbocycles.